The maximum atomic E-state index is 8.63. The van der Waals surface area contributed by atoms with Gasteiger partial charge < -0.3 is 5.11 Å². The van der Waals surface area contributed by atoms with Crippen LogP contribution in [-0.4, -0.2) is 5.11 Å². The van der Waals surface area contributed by atoms with Crippen LogP contribution in [0, 0.1) is 0 Å². The SMILES string of the molecule is Oc1ccccc1.P.[Mo]. The largest absolute Gasteiger partial charge is 0.508 e. The molecule has 50 valence electrons. The summed E-state index contributed by atoms with van der Waals surface area (Å²) in [5.74, 6) is 0.322. The van der Waals surface area contributed by atoms with E-state index in [1.165, 1.54) is 0 Å². The van der Waals surface area contributed by atoms with Crippen LogP contribution in [0.1, 0.15) is 0 Å². The van der Waals surface area contributed by atoms with E-state index in [1.54, 1.807) is 24.3 Å². The molecule has 1 N–H and O–H groups in total. The maximum absolute atomic E-state index is 8.63. The predicted octanol–water partition coefficient (Wildman–Crippen LogP) is 1.45. The molecule has 0 radical (unpaired) electrons. The van der Waals surface area contributed by atoms with Crippen molar-refractivity contribution in [1.82, 2.24) is 0 Å². The van der Waals surface area contributed by atoms with Crippen molar-refractivity contribution in [2.75, 3.05) is 0 Å². The van der Waals surface area contributed by atoms with E-state index in [2.05, 4.69) is 0 Å². The summed E-state index contributed by atoms with van der Waals surface area (Å²) in [4.78, 5) is 0. The van der Waals surface area contributed by atoms with Crippen LogP contribution in [0.25, 0.3) is 0 Å². The number of rotatable bonds is 0. The van der Waals surface area contributed by atoms with Gasteiger partial charge in [-0.1, -0.05) is 18.2 Å². The number of hydrogen-bond donors (Lipinski definition) is 1. The number of phenolic OH excluding ortho intramolecular Hbond substituents is 1. The van der Waals surface area contributed by atoms with Crippen molar-refractivity contribution >= 4 is 9.90 Å². The molecule has 0 saturated carbocycles. The van der Waals surface area contributed by atoms with Gasteiger partial charge in [-0.25, -0.2) is 0 Å². The molecule has 0 aliphatic rings. The molecule has 0 saturated heterocycles. The van der Waals surface area contributed by atoms with Crippen LogP contribution in [-0.2, 0) is 21.1 Å². The van der Waals surface area contributed by atoms with Gasteiger partial charge in [-0.05, 0) is 12.1 Å². The molecule has 0 bridgehead atoms. The Morgan fingerprint density at radius 3 is 1.67 bits per heavy atom. The van der Waals surface area contributed by atoms with Gasteiger partial charge in [0, 0.05) is 21.1 Å². The third-order valence-electron chi connectivity index (χ3n) is 0.756. The van der Waals surface area contributed by atoms with Gasteiger partial charge in [0.15, 0.2) is 0 Å². The van der Waals surface area contributed by atoms with Crippen molar-refractivity contribution in [2.45, 2.75) is 0 Å². The Labute approximate surface area is 72.4 Å². The first-order valence-corrected chi connectivity index (χ1v) is 2.13. The summed E-state index contributed by atoms with van der Waals surface area (Å²) in [7, 11) is 0. The minimum absolute atomic E-state index is 0. The molecule has 1 atom stereocenters. The van der Waals surface area contributed by atoms with Crippen molar-refractivity contribution < 1.29 is 26.2 Å². The average molecular weight is 224 g/mol. The zero-order valence-corrected chi connectivity index (χ0v) is 8.37. The third-order valence-corrected chi connectivity index (χ3v) is 0.756. The molecule has 0 aliphatic heterocycles. The first kappa shape index (κ1) is 11.9. The minimum atomic E-state index is 0. The van der Waals surface area contributed by atoms with Gasteiger partial charge in [0.1, 0.15) is 5.75 Å². The number of aromatic hydroxyl groups is 1. The van der Waals surface area contributed by atoms with Crippen molar-refractivity contribution in [3.8, 4) is 5.75 Å². The summed E-state index contributed by atoms with van der Waals surface area (Å²) in [5, 5.41) is 8.63. The molecule has 1 nitrogen and oxygen atoms in total. The van der Waals surface area contributed by atoms with E-state index in [-0.39, 0.29) is 31.0 Å². The van der Waals surface area contributed by atoms with E-state index >= 15 is 0 Å². The summed E-state index contributed by atoms with van der Waals surface area (Å²) in [6, 6.07) is 8.71. The van der Waals surface area contributed by atoms with Gasteiger partial charge in [0.2, 0.25) is 0 Å². The van der Waals surface area contributed by atoms with E-state index in [4.69, 9.17) is 5.11 Å². The topological polar surface area (TPSA) is 20.2 Å². The van der Waals surface area contributed by atoms with Crippen LogP contribution < -0.4 is 0 Å². The molecular formula is C6H9MoOP. The molecule has 0 fully saturated rings. The second kappa shape index (κ2) is 6.26. The van der Waals surface area contributed by atoms with Crippen LogP contribution in [0.5, 0.6) is 5.75 Å². The second-order valence-corrected chi connectivity index (χ2v) is 1.34. The standard InChI is InChI=1S/C6H6O.Mo.H3P/c7-6-4-2-1-3-5-6;;/h1-5,7H;;1H3. The molecule has 0 spiro atoms. The van der Waals surface area contributed by atoms with Crippen molar-refractivity contribution in [2.24, 2.45) is 0 Å². The van der Waals surface area contributed by atoms with E-state index in [1.807, 2.05) is 6.07 Å². The van der Waals surface area contributed by atoms with Crippen molar-refractivity contribution in [1.29, 1.82) is 0 Å². The van der Waals surface area contributed by atoms with E-state index in [0.717, 1.165) is 0 Å². The van der Waals surface area contributed by atoms with Crippen LogP contribution in [0.15, 0.2) is 30.3 Å². The minimum Gasteiger partial charge on any atom is -0.508 e. The van der Waals surface area contributed by atoms with E-state index in [0.29, 0.717) is 5.75 Å². The first-order chi connectivity index (χ1) is 3.39. The average Bonchev–Trinajstić information content (AvgIpc) is 1.69. The molecule has 0 heterocycles. The van der Waals surface area contributed by atoms with Gasteiger partial charge in [0.05, 0.1) is 0 Å². The molecule has 1 aromatic rings. The normalized spacial score (nSPS) is 6.67. The molecule has 0 aliphatic carbocycles. The van der Waals surface area contributed by atoms with Crippen LogP contribution in [0.3, 0.4) is 0 Å². The Balaban J connectivity index is 0. The summed E-state index contributed by atoms with van der Waals surface area (Å²) >= 11 is 0. The zero-order chi connectivity index (χ0) is 5.11. The quantitative estimate of drug-likeness (QED) is 0.522. The van der Waals surface area contributed by atoms with Crippen LogP contribution >= 0.6 is 9.90 Å². The van der Waals surface area contributed by atoms with E-state index in [9.17, 15) is 0 Å². The fraction of sp³-hybridized carbons (Fsp3) is 0. The fourth-order valence-corrected chi connectivity index (χ4v) is 0.428. The van der Waals surface area contributed by atoms with Crippen LogP contribution in [0.2, 0.25) is 0 Å². The molecule has 3 heteroatoms. The molecule has 9 heavy (non-hydrogen) atoms. The monoisotopic (exact) mass is 226 g/mol. The summed E-state index contributed by atoms with van der Waals surface area (Å²) < 4.78 is 0. The number of benzene rings is 1. The Morgan fingerprint density at radius 1 is 1.00 bits per heavy atom. The smallest absolute Gasteiger partial charge is 0.115 e. The summed E-state index contributed by atoms with van der Waals surface area (Å²) in [6.45, 7) is 0. The van der Waals surface area contributed by atoms with Gasteiger partial charge in [-0.15, -0.1) is 0 Å². The summed E-state index contributed by atoms with van der Waals surface area (Å²) in [6.07, 6.45) is 0. The molecule has 0 amide bonds. The zero-order valence-electron chi connectivity index (χ0n) is 4.95. The van der Waals surface area contributed by atoms with Gasteiger partial charge in [-0.2, -0.15) is 9.90 Å². The maximum Gasteiger partial charge on any atom is 0.115 e. The van der Waals surface area contributed by atoms with Gasteiger partial charge in [-0.3, -0.25) is 0 Å². The second-order valence-electron chi connectivity index (χ2n) is 1.34. The molecule has 1 aromatic carbocycles. The van der Waals surface area contributed by atoms with Gasteiger partial charge >= 0.3 is 0 Å². The Hall–Kier alpha value is 0.138. The van der Waals surface area contributed by atoms with Crippen LogP contribution in [0.4, 0.5) is 0 Å². The Kier molecular flexibility index (Phi) is 8.26. The predicted molar refractivity (Wildman–Crippen MR) is 39.2 cm³/mol. The Bertz CT molecular complexity index is 143. The van der Waals surface area contributed by atoms with Crippen molar-refractivity contribution in [3.05, 3.63) is 30.3 Å². The van der Waals surface area contributed by atoms with Crippen molar-refractivity contribution in [3.63, 3.8) is 0 Å². The molecule has 1 unspecified atom stereocenters. The molecule has 0 aromatic heterocycles. The molecule has 1 rings (SSSR count). The fourth-order valence-electron chi connectivity index (χ4n) is 0.428. The van der Waals surface area contributed by atoms with Gasteiger partial charge in [0.25, 0.3) is 0 Å². The number of phenols is 1. The first-order valence-electron chi connectivity index (χ1n) is 2.13. The third kappa shape index (κ3) is 4.63. The van der Waals surface area contributed by atoms with E-state index < -0.39 is 0 Å². The number of hydrogen-bond acceptors (Lipinski definition) is 1. The summed E-state index contributed by atoms with van der Waals surface area (Å²) in [5.41, 5.74) is 0. The molecular weight excluding hydrogens is 215 g/mol. The number of para-hydroxylation sites is 1. The Morgan fingerprint density at radius 2 is 1.44 bits per heavy atom.